The summed E-state index contributed by atoms with van der Waals surface area (Å²) in [5, 5.41) is 0. The van der Waals surface area contributed by atoms with Crippen LogP contribution in [0, 0.1) is 0 Å². The van der Waals surface area contributed by atoms with Crippen molar-refractivity contribution in [3.8, 4) is 0 Å². The Morgan fingerprint density at radius 2 is 1.16 bits per heavy atom. The van der Waals surface area contributed by atoms with Crippen molar-refractivity contribution < 1.29 is 9.47 Å². The molecule has 0 saturated carbocycles. The van der Waals surface area contributed by atoms with Gasteiger partial charge in [-0.25, -0.2) is 0 Å². The molecule has 0 N–H and O–H groups in total. The van der Waals surface area contributed by atoms with E-state index in [1.165, 1.54) is 0 Å². The van der Waals surface area contributed by atoms with Crippen LogP contribution in [0.25, 0.3) is 0 Å². The summed E-state index contributed by atoms with van der Waals surface area (Å²) in [5.74, 6) is 2.15. The van der Waals surface area contributed by atoms with Gasteiger partial charge in [-0.15, -0.1) is 0 Å². The normalized spacial score (nSPS) is 13.2. The molecule has 0 aliphatic heterocycles. The lowest BCUT2D eigenvalue weighted by Gasteiger charge is -2.08. The smallest absolute Gasteiger partial charge is 0.123 e. The first-order valence-electron chi connectivity index (χ1n) is 8.11. The van der Waals surface area contributed by atoms with E-state index < -0.39 is 0 Å². The molecule has 25 heavy (non-hydrogen) atoms. The largest absolute Gasteiger partial charge is 0.459 e. The summed E-state index contributed by atoms with van der Waals surface area (Å²) in [6, 6.07) is 0. The van der Waals surface area contributed by atoms with Gasteiger partial charge < -0.3 is 9.47 Å². The van der Waals surface area contributed by atoms with Crippen LogP contribution < -0.4 is 0 Å². The molecule has 0 radical (unpaired) electrons. The number of hydrogen-bond donors (Lipinski definition) is 0. The fourth-order valence-electron chi connectivity index (χ4n) is 1.44. The summed E-state index contributed by atoms with van der Waals surface area (Å²) >= 11 is 0. The Hall–Kier alpha value is -2.74. The molecule has 0 atom stereocenters. The molecule has 2 nitrogen and oxygen atoms in total. The zero-order valence-electron chi connectivity index (χ0n) is 16.2. The predicted molar refractivity (Wildman–Crippen MR) is 110 cm³/mol. The zero-order chi connectivity index (χ0) is 19.4. The van der Waals surface area contributed by atoms with Crippen molar-refractivity contribution >= 4 is 0 Å². The van der Waals surface area contributed by atoms with Gasteiger partial charge in [0, 0.05) is 0 Å². The Morgan fingerprint density at radius 1 is 0.680 bits per heavy atom. The van der Waals surface area contributed by atoms with Gasteiger partial charge in [0.05, 0.1) is 0 Å². The van der Waals surface area contributed by atoms with E-state index >= 15 is 0 Å². The highest BCUT2D eigenvalue weighted by molar-refractivity contribution is 5.32. The fourth-order valence-corrected chi connectivity index (χ4v) is 1.44. The molecule has 0 heterocycles. The molecule has 0 amide bonds. The molecule has 0 fully saturated rings. The summed E-state index contributed by atoms with van der Waals surface area (Å²) in [7, 11) is 0. The summed E-state index contributed by atoms with van der Waals surface area (Å²) in [4.78, 5) is 0. The zero-order valence-corrected chi connectivity index (χ0v) is 16.2. The van der Waals surface area contributed by atoms with Crippen molar-refractivity contribution in [2.75, 3.05) is 0 Å². The van der Waals surface area contributed by atoms with E-state index in [0.29, 0.717) is 23.0 Å². The second-order valence-corrected chi connectivity index (χ2v) is 5.60. The molecule has 2 heteroatoms. The standard InChI is InChI=1S/C23H30O2/c1-10-18(5)12-13-20(7)24-21(8)14-15-22(9)25-23(11-2)16-19(6)17(3)4/h10-16H,3,7-9H2,1-2,4-6H3/b13-12-,15-14-,18-10+,19-16-,23-11+. The van der Waals surface area contributed by atoms with Gasteiger partial charge in [-0.2, -0.15) is 0 Å². The molecule has 0 aromatic heterocycles. The van der Waals surface area contributed by atoms with Crippen LogP contribution in [0.4, 0.5) is 0 Å². The van der Waals surface area contributed by atoms with E-state index in [-0.39, 0.29) is 0 Å². The first kappa shape index (κ1) is 22.3. The molecule has 134 valence electrons. The van der Waals surface area contributed by atoms with Crippen molar-refractivity contribution in [2.45, 2.75) is 34.6 Å². The van der Waals surface area contributed by atoms with Crippen molar-refractivity contribution in [3.05, 3.63) is 109 Å². The average Bonchev–Trinajstić information content (AvgIpc) is 2.56. The molecular weight excluding hydrogens is 308 g/mol. The van der Waals surface area contributed by atoms with Gasteiger partial charge in [0.2, 0.25) is 0 Å². The molecule has 0 unspecified atom stereocenters. The number of allylic oxidation sites excluding steroid dienone is 10. The minimum Gasteiger partial charge on any atom is -0.459 e. The first-order valence-corrected chi connectivity index (χ1v) is 8.11. The number of rotatable bonds is 10. The quantitative estimate of drug-likeness (QED) is 0.313. The Kier molecular flexibility index (Phi) is 10.5. The summed E-state index contributed by atoms with van der Waals surface area (Å²) < 4.78 is 11.2. The van der Waals surface area contributed by atoms with Crippen molar-refractivity contribution in [1.82, 2.24) is 0 Å². The Morgan fingerprint density at radius 3 is 1.60 bits per heavy atom. The van der Waals surface area contributed by atoms with E-state index in [1.54, 1.807) is 18.2 Å². The summed E-state index contributed by atoms with van der Waals surface area (Å²) in [5.41, 5.74) is 3.17. The van der Waals surface area contributed by atoms with E-state index in [2.05, 4.69) is 26.3 Å². The minimum atomic E-state index is 0.452. The van der Waals surface area contributed by atoms with Crippen LogP contribution in [0.3, 0.4) is 0 Å². The fraction of sp³-hybridized carbons (Fsp3) is 0.217. The maximum absolute atomic E-state index is 5.69. The highest BCUT2D eigenvalue weighted by Crippen LogP contribution is 2.15. The van der Waals surface area contributed by atoms with Gasteiger partial charge in [0.25, 0.3) is 0 Å². The number of hydrogen-bond acceptors (Lipinski definition) is 2. The maximum Gasteiger partial charge on any atom is 0.123 e. The van der Waals surface area contributed by atoms with Crippen LogP contribution in [0.5, 0.6) is 0 Å². The molecule has 0 aliphatic rings. The second kappa shape index (κ2) is 11.7. The Bertz CT molecular complexity index is 677. The highest BCUT2D eigenvalue weighted by Gasteiger charge is 1.99. The van der Waals surface area contributed by atoms with Crippen LogP contribution in [-0.4, -0.2) is 0 Å². The van der Waals surface area contributed by atoms with Crippen LogP contribution in [0.1, 0.15) is 34.6 Å². The Balaban J connectivity index is 4.67. The van der Waals surface area contributed by atoms with E-state index in [1.807, 2.05) is 58.9 Å². The van der Waals surface area contributed by atoms with Crippen molar-refractivity contribution in [1.29, 1.82) is 0 Å². The average molecular weight is 338 g/mol. The third-order valence-corrected chi connectivity index (χ3v) is 3.27. The second-order valence-electron chi connectivity index (χ2n) is 5.60. The van der Waals surface area contributed by atoms with E-state index in [0.717, 1.165) is 16.7 Å². The third kappa shape index (κ3) is 10.6. The lowest BCUT2D eigenvalue weighted by molar-refractivity contribution is 0.330. The van der Waals surface area contributed by atoms with Crippen LogP contribution in [-0.2, 0) is 9.47 Å². The van der Waals surface area contributed by atoms with Gasteiger partial charge in [-0.1, -0.05) is 49.6 Å². The molecule has 0 rings (SSSR count). The third-order valence-electron chi connectivity index (χ3n) is 3.27. The summed E-state index contributed by atoms with van der Waals surface area (Å²) in [6.45, 7) is 25.3. The molecule has 0 aromatic carbocycles. The van der Waals surface area contributed by atoms with Crippen molar-refractivity contribution in [2.24, 2.45) is 0 Å². The molecular formula is C23H30O2. The topological polar surface area (TPSA) is 18.5 Å². The number of ether oxygens (including phenoxy) is 2. The van der Waals surface area contributed by atoms with E-state index in [9.17, 15) is 0 Å². The first-order chi connectivity index (χ1) is 11.7. The molecule has 0 saturated heterocycles. The lowest BCUT2D eigenvalue weighted by atomic mass is 10.1. The molecule has 0 bridgehead atoms. The maximum atomic E-state index is 5.69. The molecule has 0 aromatic rings. The highest BCUT2D eigenvalue weighted by atomic mass is 16.5. The van der Waals surface area contributed by atoms with Gasteiger partial charge in [0.15, 0.2) is 0 Å². The molecule has 0 spiro atoms. The van der Waals surface area contributed by atoms with Gasteiger partial charge in [0.1, 0.15) is 23.0 Å². The Labute approximate surface area is 153 Å². The van der Waals surface area contributed by atoms with Crippen molar-refractivity contribution in [3.63, 3.8) is 0 Å². The van der Waals surface area contributed by atoms with Crippen LogP contribution in [0.2, 0.25) is 0 Å². The van der Waals surface area contributed by atoms with Gasteiger partial charge >= 0.3 is 0 Å². The lowest BCUT2D eigenvalue weighted by Crippen LogP contribution is -1.90. The van der Waals surface area contributed by atoms with Gasteiger partial charge in [-0.3, -0.25) is 0 Å². The SMILES string of the molecule is C=C(/C=C\C(=C)OC(/C=C(/C)C(=C)C)=C/C)OC(=C)/C=C\C(C)=C\C. The monoisotopic (exact) mass is 338 g/mol. The van der Waals surface area contributed by atoms with E-state index in [4.69, 9.17) is 9.47 Å². The predicted octanol–water partition coefficient (Wildman–Crippen LogP) is 7.07. The minimum absolute atomic E-state index is 0.452. The van der Waals surface area contributed by atoms with Crippen LogP contribution in [0.15, 0.2) is 109 Å². The molecule has 0 aliphatic carbocycles. The van der Waals surface area contributed by atoms with Crippen LogP contribution >= 0.6 is 0 Å². The summed E-state index contributed by atoms with van der Waals surface area (Å²) in [6.07, 6.45) is 12.9. The van der Waals surface area contributed by atoms with Gasteiger partial charge in [-0.05, 0) is 70.6 Å².